The lowest BCUT2D eigenvalue weighted by atomic mass is 10.2. The molecule has 1 fully saturated rings. The number of methoxy groups -OCH3 is 1. The van der Waals surface area contributed by atoms with E-state index < -0.39 is 0 Å². The number of ether oxygens (including phenoxy) is 2. The minimum absolute atomic E-state index is 0.0617. The first kappa shape index (κ1) is 16.1. The SMILES string of the molecule is COc1ncccc1C(=O)N1Cc2ccnn2C[C@H](OCC2CC2)C1. The molecule has 1 amide bonds. The van der Waals surface area contributed by atoms with Crippen LogP contribution in [0.4, 0.5) is 0 Å². The minimum Gasteiger partial charge on any atom is -0.480 e. The molecule has 132 valence electrons. The van der Waals surface area contributed by atoms with Crippen molar-refractivity contribution >= 4 is 5.91 Å². The number of aromatic nitrogens is 3. The molecular formula is C18H22N4O3. The topological polar surface area (TPSA) is 69.5 Å². The average Bonchev–Trinajstić information content (AvgIpc) is 3.41. The molecule has 2 aliphatic rings. The predicted molar refractivity (Wildman–Crippen MR) is 90.2 cm³/mol. The van der Waals surface area contributed by atoms with Gasteiger partial charge in [-0.15, -0.1) is 0 Å². The quantitative estimate of drug-likeness (QED) is 0.828. The molecule has 1 aliphatic heterocycles. The maximum absolute atomic E-state index is 13.1. The number of carbonyl (C=O) groups is 1. The summed E-state index contributed by atoms with van der Waals surface area (Å²) in [5, 5.41) is 4.37. The third-order valence-corrected chi connectivity index (χ3v) is 4.70. The second kappa shape index (κ2) is 6.84. The number of hydrogen-bond donors (Lipinski definition) is 0. The van der Waals surface area contributed by atoms with Crippen LogP contribution in [0.3, 0.4) is 0 Å². The molecule has 0 aromatic carbocycles. The second-order valence-corrected chi connectivity index (χ2v) is 6.65. The molecule has 0 saturated heterocycles. The van der Waals surface area contributed by atoms with Crippen molar-refractivity contribution in [3.8, 4) is 5.88 Å². The molecule has 4 rings (SSSR count). The Morgan fingerprint density at radius 2 is 2.16 bits per heavy atom. The van der Waals surface area contributed by atoms with Gasteiger partial charge in [0.05, 0.1) is 32.0 Å². The van der Waals surface area contributed by atoms with Crippen molar-refractivity contribution in [1.82, 2.24) is 19.7 Å². The summed E-state index contributed by atoms with van der Waals surface area (Å²) in [6.45, 7) is 2.47. The maximum Gasteiger partial charge on any atom is 0.259 e. The van der Waals surface area contributed by atoms with Crippen LogP contribution in [-0.2, 0) is 17.8 Å². The van der Waals surface area contributed by atoms with Crippen LogP contribution in [-0.4, -0.2) is 51.9 Å². The fraction of sp³-hybridized carbons (Fsp3) is 0.500. The van der Waals surface area contributed by atoms with Crippen molar-refractivity contribution in [2.24, 2.45) is 5.92 Å². The molecule has 1 aliphatic carbocycles. The van der Waals surface area contributed by atoms with E-state index in [1.54, 1.807) is 29.4 Å². The predicted octanol–water partition coefficient (Wildman–Crippen LogP) is 1.74. The Balaban J connectivity index is 1.57. The average molecular weight is 342 g/mol. The van der Waals surface area contributed by atoms with Gasteiger partial charge in [-0.05, 0) is 37.0 Å². The van der Waals surface area contributed by atoms with Crippen LogP contribution in [0, 0.1) is 5.92 Å². The summed E-state index contributed by atoms with van der Waals surface area (Å²) in [5.74, 6) is 0.934. The van der Waals surface area contributed by atoms with Crippen LogP contribution in [0.25, 0.3) is 0 Å². The van der Waals surface area contributed by atoms with Crippen LogP contribution in [0.15, 0.2) is 30.6 Å². The van der Waals surface area contributed by atoms with E-state index in [2.05, 4.69) is 10.1 Å². The zero-order valence-corrected chi connectivity index (χ0v) is 14.3. The van der Waals surface area contributed by atoms with E-state index in [1.165, 1.54) is 20.0 Å². The van der Waals surface area contributed by atoms with E-state index in [1.807, 2.05) is 10.7 Å². The molecule has 2 aromatic rings. The van der Waals surface area contributed by atoms with Gasteiger partial charge in [-0.25, -0.2) is 4.98 Å². The number of carbonyl (C=O) groups excluding carboxylic acids is 1. The minimum atomic E-state index is -0.0976. The van der Waals surface area contributed by atoms with E-state index in [-0.39, 0.29) is 12.0 Å². The number of rotatable bonds is 5. The third kappa shape index (κ3) is 3.51. The standard InChI is InChI=1S/C18H22N4O3/c1-24-17-16(3-2-7-19-17)18(23)21-9-14-6-8-20-22(14)11-15(10-21)25-12-13-4-5-13/h2-3,6-8,13,15H,4-5,9-12H2,1H3/t15-/m1/s1. The van der Waals surface area contributed by atoms with Crippen LogP contribution in [0.2, 0.25) is 0 Å². The van der Waals surface area contributed by atoms with Gasteiger partial charge in [0.15, 0.2) is 0 Å². The first-order valence-corrected chi connectivity index (χ1v) is 8.65. The van der Waals surface area contributed by atoms with Crippen molar-refractivity contribution < 1.29 is 14.3 Å². The van der Waals surface area contributed by atoms with Gasteiger partial charge in [0, 0.05) is 25.5 Å². The molecule has 7 nitrogen and oxygen atoms in total. The number of fused-ring (bicyclic) bond motifs is 1. The molecule has 7 heteroatoms. The van der Waals surface area contributed by atoms with E-state index in [0.29, 0.717) is 37.0 Å². The lowest BCUT2D eigenvalue weighted by Gasteiger charge is -2.24. The Morgan fingerprint density at radius 1 is 1.28 bits per heavy atom. The lowest BCUT2D eigenvalue weighted by molar-refractivity contribution is 0.0135. The fourth-order valence-corrected chi connectivity index (χ4v) is 3.12. The molecular weight excluding hydrogens is 320 g/mol. The van der Waals surface area contributed by atoms with Crippen molar-refractivity contribution in [1.29, 1.82) is 0 Å². The van der Waals surface area contributed by atoms with Gasteiger partial charge >= 0.3 is 0 Å². The van der Waals surface area contributed by atoms with Crippen molar-refractivity contribution in [2.75, 3.05) is 20.3 Å². The highest BCUT2D eigenvalue weighted by molar-refractivity contribution is 5.96. The molecule has 2 aromatic heterocycles. The van der Waals surface area contributed by atoms with Gasteiger partial charge in [0.2, 0.25) is 5.88 Å². The van der Waals surface area contributed by atoms with E-state index >= 15 is 0 Å². The van der Waals surface area contributed by atoms with Gasteiger partial charge in [0.25, 0.3) is 5.91 Å². The van der Waals surface area contributed by atoms with Crippen LogP contribution in [0.5, 0.6) is 5.88 Å². The van der Waals surface area contributed by atoms with E-state index in [0.717, 1.165) is 12.3 Å². The Hall–Kier alpha value is -2.41. The molecule has 1 saturated carbocycles. The number of nitrogens with zero attached hydrogens (tertiary/aromatic N) is 4. The summed E-state index contributed by atoms with van der Waals surface area (Å²) in [4.78, 5) is 19.0. The largest absolute Gasteiger partial charge is 0.480 e. The smallest absolute Gasteiger partial charge is 0.259 e. The van der Waals surface area contributed by atoms with Gasteiger partial charge in [-0.2, -0.15) is 5.10 Å². The van der Waals surface area contributed by atoms with E-state index in [9.17, 15) is 4.79 Å². The highest BCUT2D eigenvalue weighted by atomic mass is 16.5. The summed E-state index contributed by atoms with van der Waals surface area (Å²) in [6, 6.07) is 5.44. The van der Waals surface area contributed by atoms with Gasteiger partial charge < -0.3 is 14.4 Å². The molecule has 0 bridgehead atoms. The van der Waals surface area contributed by atoms with Crippen LogP contribution < -0.4 is 4.74 Å². The zero-order valence-electron chi connectivity index (χ0n) is 14.3. The molecule has 0 radical (unpaired) electrons. The molecule has 1 atom stereocenters. The number of pyridine rings is 1. The molecule has 25 heavy (non-hydrogen) atoms. The van der Waals surface area contributed by atoms with Crippen molar-refractivity contribution in [2.45, 2.75) is 32.0 Å². The normalized spacial score (nSPS) is 20.0. The summed E-state index contributed by atoms with van der Waals surface area (Å²) in [7, 11) is 1.53. The molecule has 3 heterocycles. The van der Waals surface area contributed by atoms with E-state index in [4.69, 9.17) is 9.47 Å². The highest BCUT2D eigenvalue weighted by Gasteiger charge is 2.30. The Morgan fingerprint density at radius 3 is 2.96 bits per heavy atom. The van der Waals surface area contributed by atoms with Gasteiger partial charge in [-0.3, -0.25) is 9.48 Å². The second-order valence-electron chi connectivity index (χ2n) is 6.65. The summed E-state index contributed by atoms with van der Waals surface area (Å²) < 4.78 is 13.3. The monoisotopic (exact) mass is 342 g/mol. The number of amides is 1. The first-order chi connectivity index (χ1) is 12.2. The van der Waals surface area contributed by atoms with Crippen LogP contribution in [0.1, 0.15) is 28.9 Å². The Labute approximate surface area is 146 Å². The van der Waals surface area contributed by atoms with Crippen molar-refractivity contribution in [3.63, 3.8) is 0 Å². The summed E-state index contributed by atoms with van der Waals surface area (Å²) >= 11 is 0. The Kier molecular flexibility index (Phi) is 4.40. The van der Waals surface area contributed by atoms with Gasteiger partial charge in [0.1, 0.15) is 5.56 Å². The third-order valence-electron chi connectivity index (χ3n) is 4.70. The Bertz CT molecular complexity index is 756. The summed E-state index contributed by atoms with van der Waals surface area (Å²) in [5.41, 5.74) is 1.48. The fourth-order valence-electron chi connectivity index (χ4n) is 3.12. The van der Waals surface area contributed by atoms with Crippen molar-refractivity contribution in [3.05, 3.63) is 41.9 Å². The molecule has 0 N–H and O–H groups in total. The van der Waals surface area contributed by atoms with Crippen LogP contribution >= 0.6 is 0 Å². The highest BCUT2D eigenvalue weighted by Crippen LogP contribution is 2.30. The molecule has 0 unspecified atom stereocenters. The summed E-state index contributed by atoms with van der Waals surface area (Å²) in [6.07, 6.45) is 5.82. The zero-order chi connectivity index (χ0) is 17.2. The lowest BCUT2D eigenvalue weighted by Crippen LogP contribution is -2.37. The molecule has 0 spiro atoms. The maximum atomic E-state index is 13.1. The number of hydrogen-bond acceptors (Lipinski definition) is 5. The van der Waals surface area contributed by atoms with Gasteiger partial charge in [-0.1, -0.05) is 0 Å². The first-order valence-electron chi connectivity index (χ1n) is 8.65.